The molecule has 0 aliphatic heterocycles. The average molecular weight is 289 g/mol. The van der Waals surface area contributed by atoms with Gasteiger partial charge >= 0.3 is 0 Å². The van der Waals surface area contributed by atoms with Crippen LogP contribution < -0.4 is 5.32 Å². The Balaban J connectivity index is 1.72. The molecular weight excluding hydrogens is 273 g/mol. The van der Waals surface area contributed by atoms with Crippen LogP contribution in [0, 0.1) is 11.7 Å². The fourth-order valence-electron chi connectivity index (χ4n) is 2.22. The van der Waals surface area contributed by atoms with Crippen LogP contribution in [0.3, 0.4) is 0 Å². The molecule has 0 spiro atoms. The number of amides is 1. The summed E-state index contributed by atoms with van der Waals surface area (Å²) in [6.07, 6.45) is 2.43. The number of benzene rings is 1. The van der Waals surface area contributed by atoms with Crippen molar-refractivity contribution in [3.8, 4) is 10.4 Å². The van der Waals surface area contributed by atoms with E-state index in [0.29, 0.717) is 10.8 Å². The maximum atomic E-state index is 12.9. The number of thiophene rings is 1. The van der Waals surface area contributed by atoms with E-state index in [1.54, 1.807) is 12.1 Å². The third-order valence-corrected chi connectivity index (χ3v) is 4.78. The molecule has 1 heterocycles. The van der Waals surface area contributed by atoms with Gasteiger partial charge in [0, 0.05) is 10.9 Å². The molecule has 1 fully saturated rings. The molecule has 0 radical (unpaired) electrons. The highest BCUT2D eigenvalue weighted by atomic mass is 32.1. The summed E-state index contributed by atoms with van der Waals surface area (Å²) in [5.41, 5.74) is 0.936. The highest BCUT2D eigenvalue weighted by Gasteiger charge is 2.29. The molecule has 1 N–H and O–H groups in total. The summed E-state index contributed by atoms with van der Waals surface area (Å²) in [5, 5.41) is 3.04. The fourth-order valence-corrected chi connectivity index (χ4v) is 3.14. The minimum absolute atomic E-state index is 0.0113. The standard InChI is InChI=1S/C16H16FNOS/c1-10(11-2-3-11)18-16(19)15-9-8-14(20-15)12-4-6-13(17)7-5-12/h4-11H,2-3H2,1H3,(H,18,19)/t10-/m0/s1. The van der Waals surface area contributed by atoms with Gasteiger partial charge in [-0.3, -0.25) is 4.79 Å². The van der Waals surface area contributed by atoms with Gasteiger partial charge in [0.25, 0.3) is 5.91 Å². The van der Waals surface area contributed by atoms with Crippen molar-refractivity contribution in [2.45, 2.75) is 25.8 Å². The largest absolute Gasteiger partial charge is 0.349 e. The zero-order valence-electron chi connectivity index (χ0n) is 11.2. The maximum absolute atomic E-state index is 12.9. The van der Waals surface area contributed by atoms with Crippen molar-refractivity contribution in [1.29, 1.82) is 0 Å². The third-order valence-electron chi connectivity index (χ3n) is 3.65. The minimum atomic E-state index is -0.249. The molecule has 1 aliphatic carbocycles. The van der Waals surface area contributed by atoms with Crippen molar-refractivity contribution in [2.24, 2.45) is 5.92 Å². The fraction of sp³-hybridized carbons (Fsp3) is 0.312. The van der Waals surface area contributed by atoms with E-state index < -0.39 is 0 Å². The van der Waals surface area contributed by atoms with E-state index in [0.717, 1.165) is 10.4 Å². The van der Waals surface area contributed by atoms with Gasteiger partial charge in [0.15, 0.2) is 0 Å². The van der Waals surface area contributed by atoms with Gasteiger partial charge in [-0.25, -0.2) is 4.39 Å². The van der Waals surface area contributed by atoms with Crippen molar-refractivity contribution in [2.75, 3.05) is 0 Å². The molecule has 0 unspecified atom stereocenters. The number of carbonyl (C=O) groups excluding carboxylic acids is 1. The number of hydrogen-bond acceptors (Lipinski definition) is 2. The van der Waals surface area contributed by atoms with E-state index in [4.69, 9.17) is 0 Å². The van der Waals surface area contributed by atoms with Crippen LogP contribution in [0.5, 0.6) is 0 Å². The predicted octanol–water partition coefficient (Wildman–Crippen LogP) is 4.08. The first-order valence-corrected chi connectivity index (χ1v) is 7.62. The van der Waals surface area contributed by atoms with Crippen LogP contribution in [0.1, 0.15) is 29.4 Å². The highest BCUT2D eigenvalue weighted by molar-refractivity contribution is 7.17. The Kier molecular flexibility index (Phi) is 3.57. The van der Waals surface area contributed by atoms with Gasteiger partial charge in [-0.15, -0.1) is 11.3 Å². The van der Waals surface area contributed by atoms with E-state index in [2.05, 4.69) is 12.2 Å². The molecule has 1 amide bonds. The van der Waals surface area contributed by atoms with Crippen LogP contribution in [-0.4, -0.2) is 11.9 Å². The summed E-state index contributed by atoms with van der Waals surface area (Å²) < 4.78 is 12.9. The molecule has 0 saturated heterocycles. The maximum Gasteiger partial charge on any atom is 0.261 e. The lowest BCUT2D eigenvalue weighted by atomic mass is 10.2. The number of hydrogen-bond donors (Lipinski definition) is 1. The van der Waals surface area contributed by atoms with Crippen LogP contribution in [0.25, 0.3) is 10.4 Å². The lowest BCUT2D eigenvalue weighted by Gasteiger charge is -2.11. The predicted molar refractivity (Wildman–Crippen MR) is 79.4 cm³/mol. The average Bonchev–Trinajstić information content (AvgIpc) is 3.17. The van der Waals surface area contributed by atoms with E-state index in [-0.39, 0.29) is 17.8 Å². The first-order valence-electron chi connectivity index (χ1n) is 6.80. The molecule has 4 heteroatoms. The summed E-state index contributed by atoms with van der Waals surface area (Å²) in [5.74, 6) is 0.389. The molecule has 0 bridgehead atoms. The Hall–Kier alpha value is -1.68. The molecule has 2 nitrogen and oxygen atoms in total. The Labute approximate surface area is 121 Å². The quantitative estimate of drug-likeness (QED) is 0.902. The number of rotatable bonds is 4. The molecule has 1 aromatic heterocycles. The van der Waals surface area contributed by atoms with Crippen molar-refractivity contribution in [3.05, 3.63) is 47.1 Å². The molecule has 1 aromatic carbocycles. The minimum Gasteiger partial charge on any atom is -0.349 e. The number of nitrogens with one attached hydrogen (secondary N) is 1. The molecule has 1 aliphatic rings. The highest BCUT2D eigenvalue weighted by Crippen LogP contribution is 2.33. The SMILES string of the molecule is C[C@H](NC(=O)c1ccc(-c2ccc(F)cc2)s1)C1CC1. The Morgan fingerprint density at radius 2 is 1.95 bits per heavy atom. The second kappa shape index (κ2) is 5.37. The molecule has 104 valence electrons. The zero-order valence-corrected chi connectivity index (χ0v) is 12.0. The smallest absolute Gasteiger partial charge is 0.261 e. The van der Waals surface area contributed by atoms with Gasteiger partial charge in [-0.1, -0.05) is 12.1 Å². The molecule has 1 atom stereocenters. The van der Waals surface area contributed by atoms with E-state index in [9.17, 15) is 9.18 Å². The van der Waals surface area contributed by atoms with Crippen LogP contribution in [0.2, 0.25) is 0 Å². The lowest BCUT2D eigenvalue weighted by Crippen LogP contribution is -2.33. The normalized spacial score (nSPS) is 15.9. The molecular formula is C16H16FNOS. The van der Waals surface area contributed by atoms with Crippen LogP contribution in [-0.2, 0) is 0 Å². The first kappa shape index (κ1) is 13.3. The molecule has 3 rings (SSSR count). The summed E-state index contributed by atoms with van der Waals surface area (Å²) >= 11 is 1.44. The topological polar surface area (TPSA) is 29.1 Å². The first-order chi connectivity index (χ1) is 9.63. The Bertz CT molecular complexity index is 616. The van der Waals surface area contributed by atoms with Gasteiger partial charge in [0.05, 0.1) is 4.88 Å². The van der Waals surface area contributed by atoms with Crippen molar-refractivity contribution >= 4 is 17.2 Å². The van der Waals surface area contributed by atoms with Crippen LogP contribution in [0.15, 0.2) is 36.4 Å². The van der Waals surface area contributed by atoms with Gasteiger partial charge in [0.1, 0.15) is 5.82 Å². The van der Waals surface area contributed by atoms with Gasteiger partial charge in [-0.2, -0.15) is 0 Å². The summed E-state index contributed by atoms with van der Waals surface area (Å²) in [6.45, 7) is 2.06. The number of carbonyl (C=O) groups is 1. The monoisotopic (exact) mass is 289 g/mol. The van der Waals surface area contributed by atoms with E-state index in [1.165, 1.54) is 36.3 Å². The van der Waals surface area contributed by atoms with Gasteiger partial charge < -0.3 is 5.32 Å². The van der Waals surface area contributed by atoms with Gasteiger partial charge in [0.2, 0.25) is 0 Å². The van der Waals surface area contributed by atoms with Gasteiger partial charge in [-0.05, 0) is 55.5 Å². The van der Waals surface area contributed by atoms with Crippen molar-refractivity contribution in [1.82, 2.24) is 5.32 Å². The van der Waals surface area contributed by atoms with Crippen LogP contribution in [0.4, 0.5) is 4.39 Å². The number of halogens is 1. The Morgan fingerprint density at radius 1 is 1.25 bits per heavy atom. The van der Waals surface area contributed by atoms with Crippen molar-refractivity contribution < 1.29 is 9.18 Å². The summed E-state index contributed by atoms with van der Waals surface area (Å²) in [7, 11) is 0. The molecule has 20 heavy (non-hydrogen) atoms. The van der Waals surface area contributed by atoms with Crippen LogP contribution >= 0.6 is 11.3 Å². The summed E-state index contributed by atoms with van der Waals surface area (Å²) in [4.78, 5) is 13.8. The summed E-state index contributed by atoms with van der Waals surface area (Å²) in [6, 6.07) is 10.3. The second-order valence-electron chi connectivity index (χ2n) is 5.27. The van der Waals surface area contributed by atoms with E-state index in [1.807, 2.05) is 12.1 Å². The Morgan fingerprint density at radius 3 is 2.60 bits per heavy atom. The third kappa shape index (κ3) is 2.90. The second-order valence-corrected chi connectivity index (χ2v) is 6.35. The van der Waals surface area contributed by atoms with E-state index >= 15 is 0 Å². The zero-order chi connectivity index (χ0) is 14.1. The van der Waals surface area contributed by atoms with Crippen molar-refractivity contribution in [3.63, 3.8) is 0 Å². The lowest BCUT2D eigenvalue weighted by molar-refractivity contribution is 0.0940. The molecule has 1 saturated carbocycles. The molecule has 2 aromatic rings.